The van der Waals surface area contributed by atoms with Gasteiger partial charge >= 0.3 is 0 Å². The minimum atomic E-state index is 0.536. The number of hydrogen-bond acceptors (Lipinski definition) is 2. The van der Waals surface area contributed by atoms with Crippen LogP contribution < -0.4 is 0 Å². The second-order valence-electron chi connectivity index (χ2n) is 2.51. The van der Waals surface area contributed by atoms with Crippen LogP contribution in [-0.4, -0.2) is 11.6 Å². The van der Waals surface area contributed by atoms with Gasteiger partial charge in [0.2, 0.25) is 0 Å². The van der Waals surface area contributed by atoms with Gasteiger partial charge in [-0.15, -0.1) is 0 Å². The molecule has 0 aliphatic carbocycles. The lowest BCUT2D eigenvalue weighted by molar-refractivity contribution is 0.121. The molecule has 0 saturated carbocycles. The average Bonchev–Trinajstić information content (AvgIpc) is 2.09. The summed E-state index contributed by atoms with van der Waals surface area (Å²) in [4.78, 5) is 3.94. The largest absolute Gasteiger partial charge is 0.377 e. The van der Waals surface area contributed by atoms with Crippen LogP contribution in [0.4, 0.5) is 0 Å². The molecule has 1 rings (SSSR count). The Kier molecular flexibility index (Phi) is 4.05. The van der Waals surface area contributed by atoms with Crippen molar-refractivity contribution in [2.45, 2.75) is 20.0 Å². The van der Waals surface area contributed by atoms with Crippen molar-refractivity contribution < 1.29 is 4.74 Å². The highest BCUT2D eigenvalue weighted by atomic mass is 35.5. The monoisotopic (exact) mass is 185 g/mol. The third-order valence-electron chi connectivity index (χ3n) is 1.44. The first-order valence-corrected chi connectivity index (χ1v) is 4.39. The summed E-state index contributed by atoms with van der Waals surface area (Å²) in [7, 11) is 0. The number of pyridine rings is 1. The van der Waals surface area contributed by atoms with Gasteiger partial charge in [-0.25, -0.2) is 4.98 Å². The zero-order chi connectivity index (χ0) is 8.81. The molecule has 0 aliphatic rings. The number of hydrogen-bond donors (Lipinski definition) is 0. The molecule has 12 heavy (non-hydrogen) atoms. The number of aromatic nitrogens is 1. The van der Waals surface area contributed by atoms with Gasteiger partial charge in [-0.05, 0) is 12.5 Å². The van der Waals surface area contributed by atoms with Gasteiger partial charge in [0.25, 0.3) is 0 Å². The van der Waals surface area contributed by atoms with E-state index < -0.39 is 0 Å². The second-order valence-corrected chi connectivity index (χ2v) is 2.86. The predicted molar refractivity (Wildman–Crippen MR) is 49.2 cm³/mol. The van der Waals surface area contributed by atoms with Crippen LogP contribution in [0.3, 0.4) is 0 Å². The van der Waals surface area contributed by atoms with Gasteiger partial charge in [0.15, 0.2) is 0 Å². The van der Waals surface area contributed by atoms with Crippen LogP contribution in [0.2, 0.25) is 5.15 Å². The zero-order valence-electron chi connectivity index (χ0n) is 7.09. The number of nitrogens with zero attached hydrogens (tertiary/aromatic N) is 1. The molecule has 0 atom stereocenters. The highest BCUT2D eigenvalue weighted by molar-refractivity contribution is 6.30. The molecule has 0 fully saturated rings. The lowest BCUT2D eigenvalue weighted by Crippen LogP contribution is -1.95. The van der Waals surface area contributed by atoms with E-state index in [-0.39, 0.29) is 0 Å². The molecule has 1 heterocycles. The standard InChI is InChI=1S/C9H12ClNO/c1-2-6-12-7-8-4-3-5-11-9(8)10/h3-5H,2,6-7H2,1H3. The van der Waals surface area contributed by atoms with Gasteiger partial charge < -0.3 is 4.74 Å². The molecule has 0 unspecified atom stereocenters. The van der Waals surface area contributed by atoms with Gasteiger partial charge in [0.05, 0.1) is 6.61 Å². The highest BCUT2D eigenvalue weighted by Crippen LogP contribution is 2.12. The first kappa shape index (κ1) is 9.49. The van der Waals surface area contributed by atoms with Crippen LogP contribution in [0, 0.1) is 0 Å². The topological polar surface area (TPSA) is 22.1 Å². The number of rotatable bonds is 4. The normalized spacial score (nSPS) is 10.2. The minimum Gasteiger partial charge on any atom is -0.377 e. The smallest absolute Gasteiger partial charge is 0.134 e. The van der Waals surface area contributed by atoms with Crippen molar-refractivity contribution in [3.63, 3.8) is 0 Å². The first-order valence-electron chi connectivity index (χ1n) is 4.01. The van der Waals surface area contributed by atoms with Crippen molar-refractivity contribution in [2.75, 3.05) is 6.61 Å². The third kappa shape index (κ3) is 2.80. The van der Waals surface area contributed by atoms with E-state index in [0.717, 1.165) is 18.6 Å². The van der Waals surface area contributed by atoms with Crippen molar-refractivity contribution in [1.29, 1.82) is 0 Å². The average molecular weight is 186 g/mol. The number of ether oxygens (including phenoxy) is 1. The molecule has 2 nitrogen and oxygen atoms in total. The Morgan fingerprint density at radius 2 is 2.42 bits per heavy atom. The van der Waals surface area contributed by atoms with E-state index in [1.807, 2.05) is 12.1 Å². The quantitative estimate of drug-likeness (QED) is 0.532. The molecule has 0 spiro atoms. The second kappa shape index (κ2) is 5.12. The fourth-order valence-corrected chi connectivity index (χ4v) is 1.03. The Morgan fingerprint density at radius 3 is 3.08 bits per heavy atom. The van der Waals surface area contributed by atoms with E-state index in [2.05, 4.69) is 11.9 Å². The lowest BCUT2D eigenvalue weighted by Gasteiger charge is -2.02. The maximum Gasteiger partial charge on any atom is 0.134 e. The first-order chi connectivity index (χ1) is 5.84. The molecule has 0 amide bonds. The molecule has 0 saturated heterocycles. The van der Waals surface area contributed by atoms with Crippen LogP contribution in [-0.2, 0) is 11.3 Å². The van der Waals surface area contributed by atoms with Gasteiger partial charge in [0, 0.05) is 18.4 Å². The van der Waals surface area contributed by atoms with E-state index in [1.165, 1.54) is 0 Å². The van der Waals surface area contributed by atoms with E-state index in [4.69, 9.17) is 16.3 Å². The molecule has 3 heteroatoms. The van der Waals surface area contributed by atoms with E-state index >= 15 is 0 Å². The van der Waals surface area contributed by atoms with Crippen LogP contribution >= 0.6 is 11.6 Å². The molecular weight excluding hydrogens is 174 g/mol. The summed E-state index contributed by atoms with van der Waals surface area (Å²) in [6, 6.07) is 3.78. The lowest BCUT2D eigenvalue weighted by atomic mass is 10.3. The maximum atomic E-state index is 5.81. The van der Waals surface area contributed by atoms with Crippen molar-refractivity contribution in [1.82, 2.24) is 4.98 Å². The summed E-state index contributed by atoms with van der Waals surface area (Å²) < 4.78 is 5.33. The molecule has 0 N–H and O–H groups in total. The predicted octanol–water partition coefficient (Wildman–Crippen LogP) is 2.66. The van der Waals surface area contributed by atoms with E-state index in [1.54, 1.807) is 6.20 Å². The van der Waals surface area contributed by atoms with Crippen LogP contribution in [0.5, 0.6) is 0 Å². The highest BCUT2D eigenvalue weighted by Gasteiger charge is 1.98. The van der Waals surface area contributed by atoms with E-state index in [0.29, 0.717) is 11.8 Å². The van der Waals surface area contributed by atoms with Crippen molar-refractivity contribution in [3.8, 4) is 0 Å². The fraction of sp³-hybridized carbons (Fsp3) is 0.444. The summed E-state index contributed by atoms with van der Waals surface area (Å²) in [6.07, 6.45) is 2.70. The molecule has 1 aromatic heterocycles. The molecule has 1 aromatic rings. The summed E-state index contributed by atoms with van der Waals surface area (Å²) in [5.74, 6) is 0. The Morgan fingerprint density at radius 1 is 1.58 bits per heavy atom. The maximum absolute atomic E-state index is 5.81. The molecule has 0 radical (unpaired) electrons. The summed E-state index contributed by atoms with van der Waals surface area (Å²) in [6.45, 7) is 3.40. The molecular formula is C9H12ClNO. The van der Waals surface area contributed by atoms with E-state index in [9.17, 15) is 0 Å². The van der Waals surface area contributed by atoms with Gasteiger partial charge in [-0.1, -0.05) is 24.6 Å². The molecule has 0 bridgehead atoms. The van der Waals surface area contributed by atoms with Crippen molar-refractivity contribution in [2.24, 2.45) is 0 Å². The van der Waals surface area contributed by atoms with Crippen molar-refractivity contribution in [3.05, 3.63) is 29.0 Å². The van der Waals surface area contributed by atoms with Crippen LogP contribution in [0.25, 0.3) is 0 Å². The van der Waals surface area contributed by atoms with Crippen LogP contribution in [0.1, 0.15) is 18.9 Å². The summed E-state index contributed by atoms with van der Waals surface area (Å²) in [5.41, 5.74) is 0.951. The summed E-state index contributed by atoms with van der Waals surface area (Å²) >= 11 is 5.81. The van der Waals surface area contributed by atoms with Crippen molar-refractivity contribution >= 4 is 11.6 Å². The molecule has 0 aromatic carbocycles. The summed E-state index contributed by atoms with van der Waals surface area (Å²) in [5, 5.41) is 0.536. The van der Waals surface area contributed by atoms with Crippen LogP contribution in [0.15, 0.2) is 18.3 Å². The van der Waals surface area contributed by atoms with Gasteiger partial charge in [-0.2, -0.15) is 0 Å². The fourth-order valence-electron chi connectivity index (χ4n) is 0.853. The Labute approximate surface area is 77.5 Å². The Hall–Kier alpha value is -0.600. The Bertz CT molecular complexity index is 240. The SMILES string of the molecule is CCCOCc1cccnc1Cl. The van der Waals surface area contributed by atoms with Gasteiger partial charge in [-0.3, -0.25) is 0 Å². The number of halogens is 1. The molecule has 0 aliphatic heterocycles. The zero-order valence-corrected chi connectivity index (χ0v) is 7.84. The van der Waals surface area contributed by atoms with Gasteiger partial charge in [0.1, 0.15) is 5.15 Å². The Balaban J connectivity index is 2.46. The molecule has 66 valence electrons. The third-order valence-corrected chi connectivity index (χ3v) is 1.78. The minimum absolute atomic E-state index is 0.536.